The summed E-state index contributed by atoms with van der Waals surface area (Å²) in [7, 11) is 1.84. The molecule has 1 N–H and O–H groups in total. The Labute approximate surface area is 120 Å². The summed E-state index contributed by atoms with van der Waals surface area (Å²) in [5.41, 5.74) is 1.07. The maximum Gasteiger partial charge on any atom is 0.239 e. The van der Waals surface area contributed by atoms with Crippen LogP contribution < -0.4 is 5.32 Å². The lowest BCUT2D eigenvalue weighted by atomic mass is 10.2. The molecule has 1 aliphatic rings. The normalized spacial score (nSPS) is 17.5. The Balaban J connectivity index is 0.00000144. The van der Waals surface area contributed by atoms with E-state index in [1.165, 1.54) is 0 Å². The number of hydrogen-bond donors (Lipinski definition) is 1. The summed E-state index contributed by atoms with van der Waals surface area (Å²) in [6.07, 6.45) is 5.59. The minimum absolute atomic E-state index is 0. The molecule has 102 valence electrons. The number of aromatic nitrogens is 1. The van der Waals surface area contributed by atoms with Gasteiger partial charge in [0.05, 0.1) is 6.04 Å². The molecule has 4 nitrogen and oxygen atoms in total. The van der Waals surface area contributed by atoms with Crippen LogP contribution in [0, 0.1) is 0 Å². The van der Waals surface area contributed by atoms with E-state index < -0.39 is 0 Å². The molecule has 0 aliphatic carbocycles. The number of rotatable bonds is 3. The van der Waals surface area contributed by atoms with Gasteiger partial charge in [-0.2, -0.15) is 0 Å². The average molecular weight is 292 g/mol. The van der Waals surface area contributed by atoms with Crippen molar-refractivity contribution in [2.45, 2.75) is 25.4 Å². The van der Waals surface area contributed by atoms with Crippen molar-refractivity contribution >= 4 is 30.7 Å². The van der Waals surface area contributed by atoms with Gasteiger partial charge in [0.2, 0.25) is 5.91 Å². The molecule has 0 bridgehead atoms. The lowest BCUT2D eigenvalue weighted by Crippen LogP contribution is -2.41. The van der Waals surface area contributed by atoms with Crippen LogP contribution in [0.25, 0.3) is 0 Å². The van der Waals surface area contributed by atoms with Crippen LogP contribution in [-0.4, -0.2) is 35.4 Å². The van der Waals surface area contributed by atoms with Gasteiger partial charge in [-0.3, -0.25) is 9.78 Å². The summed E-state index contributed by atoms with van der Waals surface area (Å²) < 4.78 is 0. The van der Waals surface area contributed by atoms with Crippen LogP contribution in [0.1, 0.15) is 18.4 Å². The van der Waals surface area contributed by atoms with Gasteiger partial charge in [-0.1, -0.05) is 6.07 Å². The molecule has 1 saturated heterocycles. The largest absolute Gasteiger partial charge is 0.340 e. The Morgan fingerprint density at radius 3 is 2.89 bits per heavy atom. The first-order valence-corrected chi connectivity index (χ1v) is 5.64. The van der Waals surface area contributed by atoms with Crippen LogP contribution in [0.2, 0.25) is 0 Å². The van der Waals surface area contributed by atoms with Crippen LogP contribution in [0.4, 0.5) is 0 Å². The lowest BCUT2D eigenvalue weighted by Gasteiger charge is -2.21. The Kier molecular flexibility index (Phi) is 7.91. The molecule has 0 radical (unpaired) electrons. The van der Waals surface area contributed by atoms with E-state index in [2.05, 4.69) is 10.3 Å². The smallest absolute Gasteiger partial charge is 0.239 e. The quantitative estimate of drug-likeness (QED) is 0.921. The molecular formula is C12H19Cl2N3O. The molecule has 18 heavy (non-hydrogen) atoms. The first-order valence-electron chi connectivity index (χ1n) is 5.64. The predicted molar refractivity (Wildman–Crippen MR) is 76.2 cm³/mol. The summed E-state index contributed by atoms with van der Waals surface area (Å²) in [6.45, 7) is 1.59. The van der Waals surface area contributed by atoms with Crippen molar-refractivity contribution in [1.82, 2.24) is 15.2 Å². The highest BCUT2D eigenvalue weighted by Crippen LogP contribution is 2.09. The van der Waals surface area contributed by atoms with Gasteiger partial charge in [0.25, 0.3) is 0 Å². The molecule has 1 aromatic rings. The van der Waals surface area contributed by atoms with E-state index in [0.29, 0.717) is 6.54 Å². The average Bonchev–Trinajstić information content (AvgIpc) is 2.83. The van der Waals surface area contributed by atoms with Gasteiger partial charge in [0.15, 0.2) is 0 Å². The van der Waals surface area contributed by atoms with Crippen LogP contribution >= 0.6 is 24.8 Å². The van der Waals surface area contributed by atoms with E-state index in [1.54, 1.807) is 17.3 Å². The zero-order valence-electron chi connectivity index (χ0n) is 10.3. The van der Waals surface area contributed by atoms with Gasteiger partial charge < -0.3 is 10.2 Å². The summed E-state index contributed by atoms with van der Waals surface area (Å²) in [5, 5.41) is 3.22. The predicted octanol–water partition coefficient (Wildman–Crippen LogP) is 1.64. The fraction of sp³-hybridized carbons (Fsp3) is 0.500. The summed E-state index contributed by atoms with van der Waals surface area (Å²) in [5.74, 6) is 0.182. The Hall–Kier alpha value is -0.840. The number of nitrogens with zero attached hydrogens (tertiary/aromatic N) is 2. The van der Waals surface area contributed by atoms with Crippen molar-refractivity contribution < 1.29 is 4.79 Å². The third kappa shape index (κ3) is 4.44. The van der Waals surface area contributed by atoms with Gasteiger partial charge in [0.1, 0.15) is 0 Å². The van der Waals surface area contributed by atoms with E-state index in [0.717, 1.165) is 24.9 Å². The van der Waals surface area contributed by atoms with Crippen molar-refractivity contribution in [3.63, 3.8) is 0 Å². The third-order valence-corrected chi connectivity index (χ3v) is 2.88. The van der Waals surface area contributed by atoms with E-state index in [-0.39, 0.29) is 36.8 Å². The van der Waals surface area contributed by atoms with Gasteiger partial charge in [-0.05, 0) is 31.0 Å². The first kappa shape index (κ1) is 17.2. The third-order valence-electron chi connectivity index (χ3n) is 2.88. The summed E-state index contributed by atoms with van der Waals surface area (Å²) in [6, 6.07) is 3.89. The molecular weight excluding hydrogens is 273 g/mol. The monoisotopic (exact) mass is 291 g/mol. The van der Waals surface area contributed by atoms with E-state index in [4.69, 9.17) is 0 Å². The van der Waals surface area contributed by atoms with Crippen LogP contribution in [0.5, 0.6) is 0 Å². The number of hydrogen-bond acceptors (Lipinski definition) is 3. The Morgan fingerprint density at radius 2 is 2.33 bits per heavy atom. The number of carbonyl (C=O) groups is 1. The fourth-order valence-corrected chi connectivity index (χ4v) is 2.00. The maximum atomic E-state index is 12.0. The van der Waals surface area contributed by atoms with Gasteiger partial charge in [-0.25, -0.2) is 0 Å². The molecule has 0 saturated carbocycles. The van der Waals surface area contributed by atoms with E-state index in [1.807, 2.05) is 19.2 Å². The van der Waals surface area contributed by atoms with E-state index in [9.17, 15) is 4.79 Å². The highest BCUT2D eigenvalue weighted by Gasteiger charge is 2.24. The number of carbonyl (C=O) groups excluding carboxylic acids is 1. The van der Waals surface area contributed by atoms with Gasteiger partial charge in [-0.15, -0.1) is 24.8 Å². The van der Waals surface area contributed by atoms with Crippen molar-refractivity contribution in [1.29, 1.82) is 0 Å². The second-order valence-corrected chi connectivity index (χ2v) is 4.20. The molecule has 6 heteroatoms. The van der Waals surface area contributed by atoms with Crippen molar-refractivity contribution in [2.24, 2.45) is 0 Å². The molecule has 2 heterocycles. The van der Waals surface area contributed by atoms with Crippen molar-refractivity contribution in [3.05, 3.63) is 30.1 Å². The zero-order valence-corrected chi connectivity index (χ0v) is 12.0. The number of pyridine rings is 1. The summed E-state index contributed by atoms with van der Waals surface area (Å²) >= 11 is 0. The highest BCUT2D eigenvalue weighted by molar-refractivity contribution is 5.85. The molecule has 1 unspecified atom stereocenters. The standard InChI is InChI=1S/C12H17N3O.2ClH/c1-15(9-10-4-2-6-13-8-10)12(16)11-5-3-7-14-11;;/h2,4,6,8,11,14H,3,5,7,9H2,1H3;2*1H. The topological polar surface area (TPSA) is 45.2 Å². The molecule has 0 aromatic carbocycles. The first-order chi connectivity index (χ1) is 7.77. The number of likely N-dealkylation sites (N-methyl/N-ethyl adjacent to an activating group) is 1. The van der Waals surface area contributed by atoms with E-state index >= 15 is 0 Å². The molecule has 2 rings (SSSR count). The maximum absolute atomic E-state index is 12.0. The number of halogens is 2. The minimum Gasteiger partial charge on any atom is -0.340 e. The molecule has 1 fully saturated rings. The molecule has 0 spiro atoms. The number of nitrogens with one attached hydrogen (secondary N) is 1. The van der Waals surface area contributed by atoms with Crippen molar-refractivity contribution in [3.8, 4) is 0 Å². The van der Waals surface area contributed by atoms with Crippen LogP contribution in [0.15, 0.2) is 24.5 Å². The number of amides is 1. The van der Waals surface area contributed by atoms with Crippen molar-refractivity contribution in [2.75, 3.05) is 13.6 Å². The minimum atomic E-state index is 0. The summed E-state index contributed by atoms with van der Waals surface area (Å²) in [4.78, 5) is 17.8. The molecule has 1 amide bonds. The second-order valence-electron chi connectivity index (χ2n) is 4.20. The Bertz CT molecular complexity index is 356. The second kappa shape index (κ2) is 8.29. The zero-order chi connectivity index (χ0) is 11.4. The SMILES string of the molecule is CN(Cc1cccnc1)C(=O)C1CCCN1.Cl.Cl. The fourth-order valence-electron chi connectivity index (χ4n) is 2.00. The molecule has 1 aromatic heterocycles. The lowest BCUT2D eigenvalue weighted by molar-refractivity contribution is -0.132. The Morgan fingerprint density at radius 1 is 1.56 bits per heavy atom. The molecule has 1 aliphatic heterocycles. The van der Waals surface area contributed by atoms with Crippen LogP contribution in [-0.2, 0) is 11.3 Å². The van der Waals surface area contributed by atoms with Gasteiger partial charge >= 0.3 is 0 Å². The highest BCUT2D eigenvalue weighted by atomic mass is 35.5. The van der Waals surface area contributed by atoms with Gasteiger partial charge in [0, 0.05) is 26.0 Å². The molecule has 1 atom stereocenters. The van der Waals surface area contributed by atoms with Crippen LogP contribution in [0.3, 0.4) is 0 Å².